The number of nitrogens with two attached hydrogens (primary N) is 2. The highest BCUT2D eigenvalue weighted by Crippen LogP contribution is 2.33. The van der Waals surface area contributed by atoms with E-state index in [1.54, 1.807) is 0 Å². The van der Waals surface area contributed by atoms with Crippen LogP contribution in [0.15, 0.2) is 0 Å². The summed E-state index contributed by atoms with van der Waals surface area (Å²) in [6.07, 6.45) is -1.38. The normalized spacial score (nSPS) is 24.2. The van der Waals surface area contributed by atoms with Crippen LogP contribution in [0.3, 0.4) is 0 Å². The van der Waals surface area contributed by atoms with Crippen LogP contribution in [0.25, 0.3) is 0 Å². The zero-order chi connectivity index (χ0) is 12.6. The summed E-state index contributed by atoms with van der Waals surface area (Å²) in [5, 5.41) is 8.92. The van der Waals surface area contributed by atoms with E-state index in [0.29, 0.717) is 0 Å². The molecule has 0 radical (unpaired) electrons. The first kappa shape index (κ1) is 12.0. The molecule has 92 valence electrons. The number of halogens is 1. The molecule has 2 heterocycles. The third-order valence-corrected chi connectivity index (χ3v) is 2.76. The largest absolute Gasteiger partial charge is 0.393 e. The van der Waals surface area contributed by atoms with Crippen molar-refractivity contribution < 1.29 is 14.6 Å². The zero-order valence-corrected chi connectivity index (χ0v) is 9.52. The second kappa shape index (κ2) is 4.44. The molecule has 1 aliphatic rings. The first-order valence-electron chi connectivity index (χ1n) is 4.90. The molecular weight excluding hydrogens is 248 g/mol. The minimum atomic E-state index is -0.836. The van der Waals surface area contributed by atoms with Crippen LogP contribution in [-0.4, -0.2) is 33.6 Å². The number of nitrogens with zero attached hydrogens (tertiary/aromatic N) is 2. The summed E-state index contributed by atoms with van der Waals surface area (Å²) in [5.41, 5.74) is 11.3. The smallest absolute Gasteiger partial charge is 0.171 e. The number of hydrogen-bond acceptors (Lipinski definition) is 7. The van der Waals surface area contributed by atoms with E-state index < -0.39 is 12.2 Å². The van der Waals surface area contributed by atoms with Crippen molar-refractivity contribution >= 4 is 29.0 Å². The van der Waals surface area contributed by atoms with Crippen molar-refractivity contribution in [1.29, 1.82) is 0 Å². The summed E-state index contributed by atoms with van der Waals surface area (Å²) in [7, 11) is 0. The van der Waals surface area contributed by atoms with E-state index in [1.165, 1.54) is 0 Å². The van der Waals surface area contributed by atoms with Gasteiger partial charge in [0.05, 0.1) is 6.61 Å². The molecule has 0 aliphatic carbocycles. The van der Waals surface area contributed by atoms with Crippen LogP contribution in [0.1, 0.15) is 18.2 Å². The van der Waals surface area contributed by atoms with Crippen molar-refractivity contribution in [2.45, 2.75) is 18.6 Å². The molecule has 0 spiro atoms. The number of rotatable bonds is 2. The Balaban J connectivity index is 2.30. The quantitative estimate of drug-likeness (QED) is 0.664. The lowest BCUT2D eigenvalue weighted by molar-refractivity contribution is -0.124. The Bertz CT molecular complexity index is 468. The number of aromatic nitrogens is 2. The van der Waals surface area contributed by atoms with E-state index in [4.69, 9.17) is 32.9 Å². The Morgan fingerprint density at radius 1 is 1.41 bits per heavy atom. The molecule has 7 nitrogen and oxygen atoms in total. The molecule has 1 fully saturated rings. The van der Waals surface area contributed by atoms with E-state index in [9.17, 15) is 4.79 Å². The van der Waals surface area contributed by atoms with E-state index in [-0.39, 0.29) is 41.3 Å². The fraction of sp³-hybridized carbons (Fsp3) is 0.444. The number of carbonyl (C=O) groups is 1. The van der Waals surface area contributed by atoms with Gasteiger partial charge < -0.3 is 21.3 Å². The lowest BCUT2D eigenvalue weighted by atomic mass is 10.1. The molecule has 2 atom stereocenters. The average molecular weight is 259 g/mol. The zero-order valence-electron chi connectivity index (χ0n) is 8.76. The fourth-order valence-electron chi connectivity index (χ4n) is 1.63. The van der Waals surface area contributed by atoms with Crippen molar-refractivity contribution in [3.8, 4) is 0 Å². The van der Waals surface area contributed by atoms with E-state index in [1.807, 2.05) is 0 Å². The SMILES string of the molecule is Nc1nc(N)c(C2CC(=O)C(CO)O2)nc1Cl. The van der Waals surface area contributed by atoms with E-state index in [2.05, 4.69) is 9.97 Å². The molecule has 2 unspecified atom stereocenters. The highest BCUT2D eigenvalue weighted by atomic mass is 35.5. The first-order chi connectivity index (χ1) is 8.02. The number of hydrogen-bond donors (Lipinski definition) is 3. The molecule has 5 N–H and O–H groups in total. The number of ether oxygens (including phenoxy) is 1. The van der Waals surface area contributed by atoms with Crippen LogP contribution in [0, 0.1) is 0 Å². The number of carbonyl (C=O) groups excluding carboxylic acids is 1. The van der Waals surface area contributed by atoms with Crippen LogP contribution >= 0.6 is 11.6 Å². The number of nitrogen functional groups attached to an aromatic ring is 2. The van der Waals surface area contributed by atoms with Gasteiger partial charge in [-0.05, 0) is 0 Å². The molecule has 1 aliphatic heterocycles. The fourth-order valence-corrected chi connectivity index (χ4v) is 1.77. The van der Waals surface area contributed by atoms with Crippen LogP contribution in [0.2, 0.25) is 5.15 Å². The van der Waals surface area contributed by atoms with Gasteiger partial charge in [-0.25, -0.2) is 9.97 Å². The predicted molar refractivity (Wildman–Crippen MR) is 60.2 cm³/mol. The first-order valence-corrected chi connectivity index (χ1v) is 5.28. The van der Waals surface area contributed by atoms with Gasteiger partial charge in [0, 0.05) is 6.42 Å². The van der Waals surface area contributed by atoms with Gasteiger partial charge >= 0.3 is 0 Å². The summed E-state index contributed by atoms with van der Waals surface area (Å²) in [6, 6.07) is 0. The Morgan fingerprint density at radius 2 is 2.12 bits per heavy atom. The van der Waals surface area contributed by atoms with Crippen molar-refractivity contribution in [3.63, 3.8) is 0 Å². The lowest BCUT2D eigenvalue weighted by Gasteiger charge is -2.12. The van der Waals surface area contributed by atoms with Gasteiger partial charge in [-0.1, -0.05) is 11.6 Å². The van der Waals surface area contributed by atoms with Crippen LogP contribution in [-0.2, 0) is 9.53 Å². The molecule has 1 aromatic heterocycles. The molecule has 0 amide bonds. The van der Waals surface area contributed by atoms with Crippen LogP contribution in [0.5, 0.6) is 0 Å². The maximum Gasteiger partial charge on any atom is 0.171 e. The molecule has 0 aromatic carbocycles. The number of aliphatic hydroxyl groups excluding tert-OH is 1. The molecule has 1 aromatic rings. The molecule has 1 saturated heterocycles. The topological polar surface area (TPSA) is 124 Å². The van der Waals surface area contributed by atoms with Crippen molar-refractivity contribution in [3.05, 3.63) is 10.8 Å². The maximum absolute atomic E-state index is 11.4. The van der Waals surface area contributed by atoms with Crippen LogP contribution < -0.4 is 11.5 Å². The Labute approximate surface area is 102 Å². The van der Waals surface area contributed by atoms with Gasteiger partial charge in [-0.2, -0.15) is 0 Å². The Kier molecular flexibility index (Phi) is 3.14. The van der Waals surface area contributed by atoms with Gasteiger partial charge in [0.2, 0.25) is 0 Å². The van der Waals surface area contributed by atoms with E-state index in [0.717, 1.165) is 0 Å². The molecule has 0 saturated carbocycles. The van der Waals surface area contributed by atoms with Crippen molar-refractivity contribution in [1.82, 2.24) is 9.97 Å². The summed E-state index contributed by atoms with van der Waals surface area (Å²) >= 11 is 5.73. The Morgan fingerprint density at radius 3 is 2.71 bits per heavy atom. The lowest BCUT2D eigenvalue weighted by Crippen LogP contribution is -2.19. The minimum absolute atomic E-state index is 0.0118. The van der Waals surface area contributed by atoms with Crippen molar-refractivity contribution in [2.75, 3.05) is 18.1 Å². The van der Waals surface area contributed by atoms with Crippen LogP contribution in [0.4, 0.5) is 11.6 Å². The highest BCUT2D eigenvalue weighted by molar-refractivity contribution is 6.31. The molecule has 0 bridgehead atoms. The van der Waals surface area contributed by atoms with Gasteiger partial charge in [0.15, 0.2) is 22.6 Å². The summed E-state index contributed by atoms with van der Waals surface area (Å²) in [5.74, 6) is -0.106. The highest BCUT2D eigenvalue weighted by Gasteiger charge is 2.36. The van der Waals surface area contributed by atoms with E-state index >= 15 is 0 Å². The summed E-state index contributed by atoms with van der Waals surface area (Å²) < 4.78 is 5.30. The molecule has 17 heavy (non-hydrogen) atoms. The monoisotopic (exact) mass is 258 g/mol. The molecule has 8 heteroatoms. The third-order valence-electron chi connectivity index (χ3n) is 2.48. The number of ketones is 1. The van der Waals surface area contributed by atoms with Gasteiger partial charge in [0.25, 0.3) is 0 Å². The maximum atomic E-state index is 11.4. The summed E-state index contributed by atoms with van der Waals surface area (Å²) in [6.45, 7) is -0.370. The van der Waals surface area contributed by atoms with Crippen molar-refractivity contribution in [2.24, 2.45) is 0 Å². The van der Waals surface area contributed by atoms with Gasteiger partial charge in [-0.3, -0.25) is 4.79 Å². The second-order valence-corrected chi connectivity index (χ2v) is 3.99. The van der Waals surface area contributed by atoms with Gasteiger partial charge in [-0.15, -0.1) is 0 Å². The second-order valence-electron chi connectivity index (χ2n) is 3.64. The van der Waals surface area contributed by atoms with Gasteiger partial charge in [0.1, 0.15) is 17.9 Å². The summed E-state index contributed by atoms with van der Waals surface area (Å²) in [4.78, 5) is 19.2. The number of anilines is 2. The standard InChI is InChI=1S/C9H11ClN4O3/c10-7-9(12)14-8(11)6(13-7)4-1-3(16)5(2-15)17-4/h4-5,15H,1-2H2,(H4,11,12,14). The number of aliphatic hydroxyl groups is 1. The third kappa shape index (κ3) is 2.17. The number of Topliss-reactive ketones (excluding diaryl/α,β-unsaturated/α-hetero) is 1. The Hall–Kier alpha value is -1.44. The molecule has 2 rings (SSSR count). The molecular formula is C9H11ClN4O3. The average Bonchev–Trinajstić information content (AvgIpc) is 2.65. The minimum Gasteiger partial charge on any atom is -0.393 e. The predicted octanol–water partition coefficient (Wildman–Crippen LogP) is -0.314.